The van der Waals surface area contributed by atoms with Crippen molar-refractivity contribution in [1.29, 1.82) is 0 Å². The lowest BCUT2D eigenvalue weighted by molar-refractivity contribution is 0.0533. The van der Waals surface area contributed by atoms with Gasteiger partial charge in [0.05, 0.1) is 9.21 Å². The minimum Gasteiger partial charge on any atom is -0.335 e. The molecular weight excluding hydrogens is 473 g/mol. The van der Waals surface area contributed by atoms with Crippen molar-refractivity contribution in [2.24, 2.45) is 0 Å². The minimum atomic E-state index is -0.146. The Balaban J connectivity index is 1.40. The van der Waals surface area contributed by atoms with Crippen molar-refractivity contribution in [2.45, 2.75) is 0 Å². The van der Waals surface area contributed by atoms with Crippen LogP contribution in [0.4, 0.5) is 0 Å². The molecule has 1 aromatic carbocycles. The van der Waals surface area contributed by atoms with E-state index in [4.69, 9.17) is 34.8 Å². The number of rotatable bonds is 3. The largest absolute Gasteiger partial charge is 0.335 e. The maximum atomic E-state index is 12.8. The Kier molecular flexibility index (Phi) is 6.13. The van der Waals surface area contributed by atoms with Crippen LogP contribution in [0.2, 0.25) is 14.4 Å². The zero-order valence-corrected chi connectivity index (χ0v) is 18.8. The van der Waals surface area contributed by atoms with Crippen LogP contribution in [0.5, 0.6) is 0 Å². The number of piperazine rings is 1. The molecule has 1 saturated heterocycles. The van der Waals surface area contributed by atoms with Crippen LogP contribution in [0.25, 0.3) is 9.88 Å². The van der Waals surface area contributed by atoms with Gasteiger partial charge in [0, 0.05) is 47.2 Å². The molecule has 0 bridgehead atoms. The van der Waals surface area contributed by atoms with E-state index in [9.17, 15) is 9.59 Å². The molecule has 0 aliphatic carbocycles. The van der Waals surface area contributed by atoms with Gasteiger partial charge in [0.1, 0.15) is 10.7 Å². The topological polar surface area (TPSA) is 53.5 Å². The second kappa shape index (κ2) is 8.62. The molecule has 0 unspecified atom stereocenters. The minimum absolute atomic E-state index is 0.131. The highest BCUT2D eigenvalue weighted by Crippen LogP contribution is 2.33. The van der Waals surface area contributed by atoms with Gasteiger partial charge in [-0.1, -0.05) is 34.8 Å². The molecule has 5 nitrogen and oxygen atoms in total. The lowest BCUT2D eigenvalue weighted by Gasteiger charge is -2.34. The summed E-state index contributed by atoms with van der Waals surface area (Å²) in [7, 11) is 0. The summed E-state index contributed by atoms with van der Waals surface area (Å²) in [5.74, 6) is -0.278. The van der Waals surface area contributed by atoms with Crippen molar-refractivity contribution >= 4 is 69.3 Å². The first-order chi connectivity index (χ1) is 13.9. The molecule has 0 atom stereocenters. The Morgan fingerprint density at radius 1 is 0.897 bits per heavy atom. The lowest BCUT2D eigenvalue weighted by atomic mass is 10.1. The van der Waals surface area contributed by atoms with Crippen LogP contribution in [0.15, 0.2) is 35.7 Å². The quantitative estimate of drug-likeness (QED) is 0.496. The SMILES string of the molecule is O=C(c1cc(Cl)cc(Cl)c1)N1CCN(C(=O)c2csc(-c3ccc(Cl)s3)n2)CC1. The van der Waals surface area contributed by atoms with Crippen molar-refractivity contribution in [3.63, 3.8) is 0 Å². The predicted octanol–water partition coefficient (Wildman–Crippen LogP) is 5.43. The van der Waals surface area contributed by atoms with E-state index in [1.807, 2.05) is 12.1 Å². The van der Waals surface area contributed by atoms with Gasteiger partial charge < -0.3 is 9.80 Å². The van der Waals surface area contributed by atoms with Crippen LogP contribution in [0.3, 0.4) is 0 Å². The maximum Gasteiger partial charge on any atom is 0.273 e. The molecule has 2 aromatic heterocycles. The van der Waals surface area contributed by atoms with Crippen molar-refractivity contribution in [3.8, 4) is 9.88 Å². The van der Waals surface area contributed by atoms with Gasteiger partial charge in [-0.25, -0.2) is 4.98 Å². The number of aromatic nitrogens is 1. The molecule has 0 saturated carbocycles. The Morgan fingerprint density at radius 2 is 1.52 bits per heavy atom. The van der Waals surface area contributed by atoms with Crippen LogP contribution in [-0.2, 0) is 0 Å². The van der Waals surface area contributed by atoms with E-state index >= 15 is 0 Å². The molecule has 1 fully saturated rings. The van der Waals surface area contributed by atoms with Gasteiger partial charge in [0.2, 0.25) is 0 Å². The Labute approximate surface area is 190 Å². The second-order valence-electron chi connectivity index (χ2n) is 6.38. The molecule has 1 aliphatic rings. The molecular formula is C19H14Cl3N3O2S2. The number of carbonyl (C=O) groups excluding carboxylic acids is 2. The molecule has 29 heavy (non-hydrogen) atoms. The van der Waals surface area contributed by atoms with Gasteiger partial charge in [-0.05, 0) is 30.3 Å². The number of thiazole rings is 1. The zero-order valence-electron chi connectivity index (χ0n) is 14.9. The summed E-state index contributed by atoms with van der Waals surface area (Å²) in [5, 5.41) is 3.37. The highest BCUT2D eigenvalue weighted by molar-refractivity contribution is 7.23. The van der Waals surface area contributed by atoms with E-state index < -0.39 is 0 Å². The van der Waals surface area contributed by atoms with Crippen LogP contribution in [0, 0.1) is 0 Å². The summed E-state index contributed by atoms with van der Waals surface area (Å²) in [6.45, 7) is 1.76. The first-order valence-corrected chi connectivity index (χ1v) is 11.5. The monoisotopic (exact) mass is 485 g/mol. The summed E-state index contributed by atoms with van der Waals surface area (Å²) >= 11 is 20.8. The van der Waals surface area contributed by atoms with Crippen LogP contribution in [0.1, 0.15) is 20.8 Å². The number of carbonyl (C=O) groups is 2. The van der Waals surface area contributed by atoms with Crippen molar-refractivity contribution in [1.82, 2.24) is 14.8 Å². The number of amides is 2. The first kappa shape index (κ1) is 20.6. The average Bonchev–Trinajstić information content (AvgIpc) is 3.35. The Bertz CT molecular complexity index is 1050. The van der Waals surface area contributed by atoms with E-state index in [2.05, 4.69) is 4.98 Å². The van der Waals surface area contributed by atoms with Gasteiger partial charge in [0.15, 0.2) is 0 Å². The third-order valence-electron chi connectivity index (χ3n) is 4.47. The third-order valence-corrected chi connectivity index (χ3v) is 7.15. The number of thiophene rings is 1. The number of hydrogen-bond acceptors (Lipinski definition) is 5. The lowest BCUT2D eigenvalue weighted by Crippen LogP contribution is -2.50. The van der Waals surface area contributed by atoms with Crippen molar-refractivity contribution in [3.05, 3.63) is 61.4 Å². The molecule has 150 valence electrons. The second-order valence-corrected chi connectivity index (χ2v) is 9.83. The van der Waals surface area contributed by atoms with Gasteiger partial charge >= 0.3 is 0 Å². The van der Waals surface area contributed by atoms with Gasteiger partial charge in [0.25, 0.3) is 11.8 Å². The molecule has 3 heterocycles. The molecule has 0 spiro atoms. The number of halogens is 3. The summed E-state index contributed by atoms with van der Waals surface area (Å²) < 4.78 is 0.685. The first-order valence-electron chi connectivity index (χ1n) is 8.66. The van der Waals surface area contributed by atoms with Crippen LogP contribution >= 0.6 is 57.5 Å². The molecule has 2 amide bonds. The van der Waals surface area contributed by atoms with Gasteiger partial charge in [-0.3, -0.25) is 9.59 Å². The fourth-order valence-electron chi connectivity index (χ4n) is 3.05. The molecule has 0 radical (unpaired) electrons. The smallest absolute Gasteiger partial charge is 0.273 e. The predicted molar refractivity (Wildman–Crippen MR) is 119 cm³/mol. The van der Waals surface area contributed by atoms with E-state index in [1.54, 1.807) is 33.4 Å². The average molecular weight is 487 g/mol. The van der Waals surface area contributed by atoms with Crippen molar-refractivity contribution < 1.29 is 9.59 Å². The maximum absolute atomic E-state index is 12.8. The summed E-state index contributed by atoms with van der Waals surface area (Å²) in [4.78, 5) is 34.3. The number of nitrogens with zero attached hydrogens (tertiary/aromatic N) is 3. The van der Waals surface area contributed by atoms with Crippen molar-refractivity contribution in [2.75, 3.05) is 26.2 Å². The van der Waals surface area contributed by atoms with E-state index in [-0.39, 0.29) is 11.8 Å². The van der Waals surface area contributed by atoms with Crippen LogP contribution < -0.4 is 0 Å². The fraction of sp³-hybridized carbons (Fsp3) is 0.211. The molecule has 4 rings (SSSR count). The summed E-state index contributed by atoms with van der Waals surface area (Å²) in [6.07, 6.45) is 0. The Hall–Kier alpha value is -1.64. The van der Waals surface area contributed by atoms with E-state index in [0.717, 1.165) is 9.88 Å². The molecule has 3 aromatic rings. The fourth-order valence-corrected chi connectivity index (χ4v) is 5.48. The Morgan fingerprint density at radius 3 is 2.10 bits per heavy atom. The van der Waals surface area contributed by atoms with Crippen LogP contribution in [-0.4, -0.2) is 52.8 Å². The third kappa shape index (κ3) is 4.59. The summed E-state index contributed by atoms with van der Waals surface area (Å²) in [6, 6.07) is 8.49. The highest BCUT2D eigenvalue weighted by Gasteiger charge is 2.27. The van der Waals surface area contributed by atoms with Gasteiger partial charge in [-0.2, -0.15) is 0 Å². The normalized spacial score (nSPS) is 14.3. The van der Waals surface area contributed by atoms with Gasteiger partial charge in [-0.15, -0.1) is 22.7 Å². The number of benzene rings is 1. The molecule has 0 N–H and O–H groups in total. The molecule has 10 heteroatoms. The standard InChI is InChI=1S/C19H14Cl3N3O2S2/c20-12-7-11(8-13(21)9-12)18(26)24-3-5-25(6-4-24)19(27)14-10-28-17(23-14)15-1-2-16(22)29-15/h1-2,7-10H,3-6H2. The zero-order chi connectivity index (χ0) is 20.5. The highest BCUT2D eigenvalue weighted by atomic mass is 35.5. The van der Waals surface area contributed by atoms with E-state index in [0.29, 0.717) is 51.8 Å². The number of hydrogen-bond donors (Lipinski definition) is 0. The molecule has 1 aliphatic heterocycles. The van der Waals surface area contributed by atoms with E-state index in [1.165, 1.54) is 22.7 Å². The summed E-state index contributed by atoms with van der Waals surface area (Å²) in [5.41, 5.74) is 0.858.